The van der Waals surface area contributed by atoms with E-state index in [1.807, 2.05) is 13.8 Å². The smallest absolute Gasteiger partial charge is 0.309 e. The number of rotatable bonds is 8. The van der Waals surface area contributed by atoms with E-state index in [1.54, 1.807) is 13.8 Å². The van der Waals surface area contributed by atoms with Crippen LogP contribution in [0.1, 0.15) is 38.9 Å². The molecule has 1 atom stereocenters. The van der Waals surface area contributed by atoms with Crippen molar-refractivity contribution < 1.29 is 14.5 Å². The van der Waals surface area contributed by atoms with Crippen molar-refractivity contribution in [2.45, 2.75) is 46.3 Å². The van der Waals surface area contributed by atoms with E-state index >= 15 is 0 Å². The highest BCUT2D eigenvalue weighted by Crippen LogP contribution is 2.19. The number of aromatic nitrogens is 2. The van der Waals surface area contributed by atoms with Gasteiger partial charge in [-0.25, -0.2) is 0 Å². The van der Waals surface area contributed by atoms with E-state index < -0.39 is 11.0 Å². The Morgan fingerprint density at radius 3 is 2.71 bits per heavy atom. The number of carbonyl (C=O) groups is 1. The molecule has 8 nitrogen and oxygen atoms in total. The van der Waals surface area contributed by atoms with Crippen LogP contribution in [0.2, 0.25) is 0 Å². The van der Waals surface area contributed by atoms with E-state index in [4.69, 9.17) is 4.74 Å². The molecule has 0 bridgehead atoms. The summed E-state index contributed by atoms with van der Waals surface area (Å²) in [7, 11) is 0. The molecule has 1 aromatic rings. The van der Waals surface area contributed by atoms with E-state index in [-0.39, 0.29) is 17.7 Å². The molecule has 0 fully saturated rings. The van der Waals surface area contributed by atoms with Crippen LogP contribution in [0.3, 0.4) is 0 Å². The average Bonchev–Trinajstić information content (AvgIpc) is 2.78. The molecule has 1 aromatic heterocycles. The first-order valence-corrected chi connectivity index (χ1v) is 6.92. The average molecular weight is 298 g/mol. The fourth-order valence-corrected chi connectivity index (χ4v) is 1.85. The summed E-state index contributed by atoms with van der Waals surface area (Å²) in [4.78, 5) is 22.2. The summed E-state index contributed by atoms with van der Waals surface area (Å²) in [6.07, 6.45) is 2.05. The first-order valence-electron chi connectivity index (χ1n) is 6.92. The van der Waals surface area contributed by atoms with Crippen LogP contribution in [0.25, 0.3) is 0 Å². The molecule has 21 heavy (non-hydrogen) atoms. The molecule has 1 unspecified atom stereocenters. The molecule has 118 valence electrons. The zero-order valence-electron chi connectivity index (χ0n) is 12.8. The molecule has 0 radical (unpaired) electrons. The minimum absolute atomic E-state index is 0.0833. The zero-order chi connectivity index (χ0) is 16.0. The Hall–Kier alpha value is -1.96. The molecule has 0 aromatic carbocycles. The molecule has 0 saturated heterocycles. The second-order valence-electron chi connectivity index (χ2n) is 5.06. The van der Waals surface area contributed by atoms with E-state index in [0.29, 0.717) is 18.8 Å². The van der Waals surface area contributed by atoms with Crippen molar-refractivity contribution in [1.29, 1.82) is 0 Å². The van der Waals surface area contributed by atoms with Crippen molar-refractivity contribution in [1.82, 2.24) is 15.1 Å². The Morgan fingerprint density at radius 1 is 1.52 bits per heavy atom. The van der Waals surface area contributed by atoms with Gasteiger partial charge in [0.1, 0.15) is 17.9 Å². The molecule has 0 saturated carbocycles. The Balaban J connectivity index is 2.49. The van der Waals surface area contributed by atoms with E-state index in [2.05, 4.69) is 10.4 Å². The third-order valence-electron chi connectivity index (χ3n) is 3.03. The van der Waals surface area contributed by atoms with Gasteiger partial charge in [-0.1, -0.05) is 0 Å². The number of nitro groups is 1. The standard InChI is InChI=1S/C13H22N4O4/c1-9(2)21-7-5-6-14-13(18)11(4)16-10(3)12(8-15-16)17(19)20/h8-9,11H,5-7H2,1-4H3,(H,14,18). The fourth-order valence-electron chi connectivity index (χ4n) is 1.85. The highest BCUT2D eigenvalue weighted by Gasteiger charge is 2.23. The van der Waals surface area contributed by atoms with Crippen LogP contribution in [0.5, 0.6) is 0 Å². The van der Waals surface area contributed by atoms with Crippen LogP contribution in [0.15, 0.2) is 6.20 Å². The minimum Gasteiger partial charge on any atom is -0.379 e. The van der Waals surface area contributed by atoms with Crippen molar-refractivity contribution in [3.05, 3.63) is 22.0 Å². The number of nitrogens with one attached hydrogen (secondary N) is 1. The van der Waals surface area contributed by atoms with Gasteiger partial charge in [0.2, 0.25) is 5.91 Å². The Bertz CT molecular complexity index is 498. The maximum absolute atomic E-state index is 12.0. The molecule has 8 heteroatoms. The molecule has 0 aliphatic rings. The predicted octanol–water partition coefficient (Wildman–Crippen LogP) is 1.59. The summed E-state index contributed by atoms with van der Waals surface area (Å²) in [5, 5.41) is 17.5. The number of nitrogens with zero attached hydrogens (tertiary/aromatic N) is 3. The molecular weight excluding hydrogens is 276 g/mol. The highest BCUT2D eigenvalue weighted by atomic mass is 16.6. The summed E-state index contributed by atoms with van der Waals surface area (Å²) in [6.45, 7) is 8.22. The van der Waals surface area contributed by atoms with Crippen molar-refractivity contribution in [3.8, 4) is 0 Å². The SMILES string of the molecule is Cc1c([N+](=O)[O-])cnn1C(C)C(=O)NCCCOC(C)C. The number of carbonyl (C=O) groups excluding carboxylic acids is 1. The van der Waals surface area contributed by atoms with Crippen LogP contribution in [0, 0.1) is 17.0 Å². The van der Waals surface area contributed by atoms with Crippen molar-refractivity contribution in [2.75, 3.05) is 13.2 Å². The van der Waals surface area contributed by atoms with E-state index in [9.17, 15) is 14.9 Å². The van der Waals surface area contributed by atoms with E-state index in [0.717, 1.165) is 12.6 Å². The molecule has 0 aliphatic heterocycles. The summed E-state index contributed by atoms with van der Waals surface area (Å²) < 4.78 is 6.73. The van der Waals surface area contributed by atoms with Gasteiger partial charge in [-0.15, -0.1) is 0 Å². The monoisotopic (exact) mass is 298 g/mol. The third-order valence-corrected chi connectivity index (χ3v) is 3.03. The molecule has 1 amide bonds. The number of amides is 1. The summed E-state index contributed by atoms with van der Waals surface area (Å²) >= 11 is 0. The van der Waals surface area contributed by atoms with Gasteiger partial charge in [0.15, 0.2) is 0 Å². The molecule has 1 rings (SSSR count). The Kier molecular flexibility index (Phi) is 6.29. The quantitative estimate of drug-likeness (QED) is 0.446. The van der Waals surface area contributed by atoms with Gasteiger partial charge in [0.25, 0.3) is 0 Å². The molecule has 0 spiro atoms. The second-order valence-corrected chi connectivity index (χ2v) is 5.06. The largest absolute Gasteiger partial charge is 0.379 e. The predicted molar refractivity (Wildman–Crippen MR) is 77.0 cm³/mol. The number of hydrogen-bond donors (Lipinski definition) is 1. The van der Waals surface area contributed by atoms with E-state index in [1.165, 1.54) is 4.68 Å². The second kappa shape index (κ2) is 7.72. The lowest BCUT2D eigenvalue weighted by atomic mass is 10.3. The van der Waals surface area contributed by atoms with Crippen molar-refractivity contribution in [3.63, 3.8) is 0 Å². The maximum atomic E-state index is 12.0. The lowest BCUT2D eigenvalue weighted by molar-refractivity contribution is -0.385. The van der Waals surface area contributed by atoms with Crippen LogP contribution in [-0.2, 0) is 9.53 Å². The Labute approximate surface area is 123 Å². The molecular formula is C13H22N4O4. The maximum Gasteiger partial charge on any atom is 0.309 e. The number of ether oxygens (including phenoxy) is 1. The lowest BCUT2D eigenvalue weighted by Gasteiger charge is -2.14. The van der Waals surface area contributed by atoms with Gasteiger partial charge >= 0.3 is 5.69 Å². The highest BCUT2D eigenvalue weighted by molar-refractivity contribution is 5.79. The van der Waals surface area contributed by atoms with Gasteiger partial charge in [0.05, 0.1) is 11.0 Å². The van der Waals surface area contributed by atoms with Gasteiger partial charge in [-0.3, -0.25) is 19.6 Å². The lowest BCUT2D eigenvalue weighted by Crippen LogP contribution is -2.33. The third kappa shape index (κ3) is 4.82. The van der Waals surface area contributed by atoms with Crippen LogP contribution < -0.4 is 5.32 Å². The van der Waals surface area contributed by atoms with Crippen LogP contribution in [0.4, 0.5) is 5.69 Å². The fraction of sp³-hybridized carbons (Fsp3) is 0.692. The first-order chi connectivity index (χ1) is 9.84. The topological polar surface area (TPSA) is 99.3 Å². The minimum atomic E-state index is -0.593. The molecule has 1 N–H and O–H groups in total. The zero-order valence-corrected chi connectivity index (χ0v) is 12.8. The summed E-state index contributed by atoms with van der Waals surface area (Å²) in [5.41, 5.74) is 0.283. The normalized spacial score (nSPS) is 12.4. The summed E-state index contributed by atoms with van der Waals surface area (Å²) in [6, 6.07) is -0.593. The Morgan fingerprint density at radius 2 is 2.19 bits per heavy atom. The van der Waals surface area contributed by atoms with Crippen LogP contribution in [-0.4, -0.2) is 39.9 Å². The number of hydrogen-bond acceptors (Lipinski definition) is 5. The first kappa shape index (κ1) is 17.1. The van der Waals surface area contributed by atoms with Gasteiger partial charge in [0, 0.05) is 13.2 Å². The van der Waals surface area contributed by atoms with Gasteiger partial charge in [-0.2, -0.15) is 5.10 Å². The molecule has 0 aliphatic carbocycles. The summed E-state index contributed by atoms with van der Waals surface area (Å²) in [5.74, 6) is -0.222. The van der Waals surface area contributed by atoms with Gasteiger partial charge in [-0.05, 0) is 34.1 Å². The molecule has 1 heterocycles. The van der Waals surface area contributed by atoms with Crippen molar-refractivity contribution >= 4 is 11.6 Å². The van der Waals surface area contributed by atoms with Crippen molar-refractivity contribution in [2.24, 2.45) is 0 Å². The van der Waals surface area contributed by atoms with Crippen LogP contribution >= 0.6 is 0 Å². The van der Waals surface area contributed by atoms with Gasteiger partial charge < -0.3 is 10.1 Å².